The average molecular weight is 174 g/mol. The maximum Gasteiger partial charge on any atom is 0.309 e. The van der Waals surface area contributed by atoms with Crippen LogP contribution in [0.3, 0.4) is 0 Å². The van der Waals surface area contributed by atoms with Crippen LogP contribution in [0.5, 0.6) is 0 Å². The maximum absolute atomic E-state index is 10.8. The molecule has 0 unspecified atom stereocenters. The van der Waals surface area contributed by atoms with Gasteiger partial charge in [-0.2, -0.15) is 0 Å². The van der Waals surface area contributed by atoms with Crippen molar-refractivity contribution in [3.8, 4) is 0 Å². The Hall–Kier alpha value is -0.650. The highest BCUT2D eigenvalue weighted by atomic mass is 16.6. The minimum absolute atomic E-state index is 0.0684. The number of rotatable bonds is 0. The topological polar surface area (TPSA) is 76.0 Å². The fourth-order valence-electron chi connectivity index (χ4n) is 1.54. The SMILES string of the molecule is O=C1C[C@@H]2OC[C@@H](O)[C@@H](O)[C@@H]2O1. The van der Waals surface area contributed by atoms with Gasteiger partial charge < -0.3 is 19.7 Å². The van der Waals surface area contributed by atoms with Crippen molar-refractivity contribution in [2.45, 2.75) is 30.8 Å². The van der Waals surface area contributed by atoms with Crippen molar-refractivity contribution in [3.05, 3.63) is 0 Å². The molecule has 2 saturated heterocycles. The summed E-state index contributed by atoms with van der Waals surface area (Å²) in [4.78, 5) is 10.8. The van der Waals surface area contributed by atoms with Gasteiger partial charge in [0, 0.05) is 0 Å². The summed E-state index contributed by atoms with van der Waals surface area (Å²) in [5, 5.41) is 18.5. The van der Waals surface area contributed by atoms with E-state index in [9.17, 15) is 9.90 Å². The zero-order valence-electron chi connectivity index (χ0n) is 6.34. The lowest BCUT2D eigenvalue weighted by atomic mass is 10.0. The van der Waals surface area contributed by atoms with E-state index in [1.165, 1.54) is 0 Å². The van der Waals surface area contributed by atoms with Crippen LogP contribution in [0, 0.1) is 0 Å². The predicted molar refractivity (Wildman–Crippen MR) is 36.3 cm³/mol. The van der Waals surface area contributed by atoms with Gasteiger partial charge in [0.25, 0.3) is 0 Å². The fourth-order valence-corrected chi connectivity index (χ4v) is 1.54. The van der Waals surface area contributed by atoms with Crippen LogP contribution in [0.15, 0.2) is 0 Å². The standard InChI is InChI=1S/C7H10O5/c8-3-2-11-4-1-5(9)12-7(4)6(3)10/h3-4,6-8,10H,1-2H2/t3-,4+,6-,7-/m1/s1. The molecular weight excluding hydrogens is 164 g/mol. The van der Waals surface area contributed by atoms with Gasteiger partial charge in [-0.05, 0) is 0 Å². The van der Waals surface area contributed by atoms with Crippen molar-refractivity contribution in [2.75, 3.05) is 6.61 Å². The quantitative estimate of drug-likeness (QED) is 0.433. The monoisotopic (exact) mass is 174 g/mol. The molecule has 12 heavy (non-hydrogen) atoms. The molecule has 0 aromatic rings. The Balaban J connectivity index is 2.11. The van der Waals surface area contributed by atoms with E-state index in [0.29, 0.717) is 0 Å². The van der Waals surface area contributed by atoms with Crippen molar-refractivity contribution in [2.24, 2.45) is 0 Å². The van der Waals surface area contributed by atoms with E-state index in [4.69, 9.17) is 14.6 Å². The molecule has 0 spiro atoms. The van der Waals surface area contributed by atoms with Crippen molar-refractivity contribution in [3.63, 3.8) is 0 Å². The van der Waals surface area contributed by atoms with Gasteiger partial charge in [-0.15, -0.1) is 0 Å². The summed E-state index contributed by atoms with van der Waals surface area (Å²) in [5.74, 6) is -0.377. The van der Waals surface area contributed by atoms with Gasteiger partial charge in [-0.25, -0.2) is 0 Å². The lowest BCUT2D eigenvalue weighted by Crippen LogP contribution is -2.50. The molecule has 0 bridgehead atoms. The van der Waals surface area contributed by atoms with Gasteiger partial charge in [0.2, 0.25) is 0 Å². The molecule has 0 aromatic heterocycles. The van der Waals surface area contributed by atoms with E-state index < -0.39 is 18.3 Å². The first-order valence-corrected chi connectivity index (χ1v) is 3.85. The number of hydrogen-bond donors (Lipinski definition) is 2. The summed E-state index contributed by atoms with van der Waals surface area (Å²) in [6.07, 6.45) is -2.83. The lowest BCUT2D eigenvalue weighted by Gasteiger charge is -2.32. The Morgan fingerprint density at radius 1 is 1.42 bits per heavy atom. The number of ether oxygens (including phenoxy) is 2. The first-order valence-electron chi connectivity index (χ1n) is 3.85. The third kappa shape index (κ3) is 1.10. The highest BCUT2D eigenvalue weighted by Crippen LogP contribution is 2.26. The number of fused-ring (bicyclic) bond motifs is 1. The molecule has 5 nitrogen and oxygen atoms in total. The van der Waals surface area contributed by atoms with Crippen LogP contribution in [-0.4, -0.2) is 47.2 Å². The van der Waals surface area contributed by atoms with Crippen LogP contribution in [0.1, 0.15) is 6.42 Å². The second-order valence-corrected chi connectivity index (χ2v) is 3.09. The summed E-state index contributed by atoms with van der Waals surface area (Å²) in [7, 11) is 0. The largest absolute Gasteiger partial charge is 0.457 e. The van der Waals surface area contributed by atoms with E-state index >= 15 is 0 Å². The van der Waals surface area contributed by atoms with Crippen LogP contribution >= 0.6 is 0 Å². The van der Waals surface area contributed by atoms with E-state index in [0.717, 1.165) is 0 Å². The molecule has 0 aliphatic carbocycles. The summed E-state index contributed by atoms with van der Waals surface area (Å²) >= 11 is 0. The van der Waals surface area contributed by atoms with Crippen LogP contribution < -0.4 is 0 Å². The normalized spacial score (nSPS) is 47.0. The molecule has 68 valence electrons. The number of carbonyl (C=O) groups is 1. The Morgan fingerprint density at radius 3 is 2.92 bits per heavy atom. The molecule has 2 heterocycles. The predicted octanol–water partition coefficient (Wildman–Crippen LogP) is -1.58. The van der Waals surface area contributed by atoms with Gasteiger partial charge >= 0.3 is 5.97 Å². The fraction of sp³-hybridized carbons (Fsp3) is 0.857. The molecule has 2 N–H and O–H groups in total. The summed E-state index contributed by atoms with van der Waals surface area (Å²) < 4.78 is 9.87. The minimum atomic E-state index is -1.00. The van der Waals surface area contributed by atoms with Gasteiger partial charge in [-0.3, -0.25) is 4.79 Å². The molecule has 0 amide bonds. The molecule has 2 aliphatic heterocycles. The van der Waals surface area contributed by atoms with Crippen molar-refractivity contribution >= 4 is 5.97 Å². The summed E-state index contributed by atoms with van der Waals surface area (Å²) in [6.45, 7) is 0.0684. The van der Waals surface area contributed by atoms with Gasteiger partial charge in [-0.1, -0.05) is 0 Å². The molecule has 2 aliphatic rings. The Labute approximate surface area is 68.9 Å². The molecule has 2 fully saturated rings. The molecule has 4 atom stereocenters. The van der Waals surface area contributed by atoms with E-state index in [2.05, 4.69) is 0 Å². The van der Waals surface area contributed by atoms with Crippen LogP contribution in [0.2, 0.25) is 0 Å². The molecule has 0 aromatic carbocycles. The molecule has 0 radical (unpaired) electrons. The minimum Gasteiger partial charge on any atom is -0.457 e. The second kappa shape index (κ2) is 2.69. The summed E-state index contributed by atoms with van der Waals surface area (Å²) in [6, 6.07) is 0. The maximum atomic E-state index is 10.8. The second-order valence-electron chi connectivity index (χ2n) is 3.09. The van der Waals surface area contributed by atoms with Gasteiger partial charge in [0.15, 0.2) is 6.10 Å². The van der Waals surface area contributed by atoms with Gasteiger partial charge in [0.1, 0.15) is 18.3 Å². The zero-order chi connectivity index (χ0) is 8.72. The molecule has 2 rings (SSSR count). The third-order valence-electron chi connectivity index (χ3n) is 2.21. The number of hydrogen-bond acceptors (Lipinski definition) is 5. The third-order valence-corrected chi connectivity index (χ3v) is 2.21. The number of aliphatic hydroxyl groups is 2. The Bertz CT molecular complexity index is 204. The number of carbonyl (C=O) groups excluding carboxylic acids is 1. The summed E-state index contributed by atoms with van der Waals surface area (Å²) in [5.41, 5.74) is 0. The van der Waals surface area contributed by atoms with Crippen LogP contribution in [-0.2, 0) is 14.3 Å². The highest BCUT2D eigenvalue weighted by molar-refractivity contribution is 5.72. The molecule has 0 saturated carbocycles. The number of esters is 1. The molecular formula is C7H10O5. The first-order chi connectivity index (χ1) is 5.68. The van der Waals surface area contributed by atoms with E-state index in [1.807, 2.05) is 0 Å². The van der Waals surface area contributed by atoms with Crippen LogP contribution in [0.25, 0.3) is 0 Å². The number of aliphatic hydroxyl groups excluding tert-OH is 2. The van der Waals surface area contributed by atoms with Crippen molar-refractivity contribution in [1.29, 1.82) is 0 Å². The van der Waals surface area contributed by atoms with Crippen molar-refractivity contribution in [1.82, 2.24) is 0 Å². The lowest BCUT2D eigenvalue weighted by molar-refractivity contribution is -0.178. The smallest absolute Gasteiger partial charge is 0.309 e. The van der Waals surface area contributed by atoms with E-state index in [-0.39, 0.29) is 25.1 Å². The zero-order valence-corrected chi connectivity index (χ0v) is 6.34. The van der Waals surface area contributed by atoms with Gasteiger partial charge in [0.05, 0.1) is 13.0 Å². The van der Waals surface area contributed by atoms with Crippen LogP contribution in [0.4, 0.5) is 0 Å². The molecule has 5 heteroatoms. The Kier molecular flexibility index (Phi) is 1.79. The first kappa shape index (κ1) is 7.97. The Morgan fingerprint density at radius 2 is 2.17 bits per heavy atom. The average Bonchev–Trinajstić information content (AvgIpc) is 2.39. The van der Waals surface area contributed by atoms with E-state index in [1.54, 1.807) is 0 Å². The van der Waals surface area contributed by atoms with Crippen molar-refractivity contribution < 1.29 is 24.5 Å². The highest BCUT2D eigenvalue weighted by Gasteiger charge is 2.46.